The lowest BCUT2D eigenvalue weighted by Crippen LogP contribution is -2.13. The highest BCUT2D eigenvalue weighted by atomic mass is 32.2. The van der Waals surface area contributed by atoms with Gasteiger partial charge in [0.05, 0.1) is 9.81 Å². The van der Waals surface area contributed by atoms with E-state index in [-0.39, 0.29) is 11.6 Å². The van der Waals surface area contributed by atoms with E-state index in [0.29, 0.717) is 11.1 Å². The molecule has 5 heteroatoms. The smallest absolute Gasteiger partial charge is 0.198 e. The van der Waals surface area contributed by atoms with Gasteiger partial charge in [0.1, 0.15) is 0 Å². The fraction of sp³-hybridized carbons (Fsp3) is 0.250. The Labute approximate surface area is 181 Å². The fourth-order valence-electron chi connectivity index (χ4n) is 2.90. The molecule has 29 heavy (non-hydrogen) atoms. The van der Waals surface area contributed by atoms with Gasteiger partial charge in [-0.2, -0.15) is 0 Å². The Morgan fingerprint density at radius 3 is 2.10 bits per heavy atom. The van der Waals surface area contributed by atoms with E-state index in [1.165, 1.54) is 6.08 Å². The number of nitrogens with zero attached hydrogens (tertiary/aromatic N) is 1. The van der Waals surface area contributed by atoms with Crippen molar-refractivity contribution < 1.29 is 9.59 Å². The summed E-state index contributed by atoms with van der Waals surface area (Å²) in [6.07, 6.45) is 5.53. The molecular formula is C24H25NO2S2. The molecule has 0 amide bonds. The Hall–Kier alpha value is -2.24. The molecule has 0 unspecified atom stereocenters. The number of Topliss-reactive ketones (excluding diaryl/α,β-unsaturated/α-hetero) is 1. The molecule has 1 aliphatic heterocycles. The van der Waals surface area contributed by atoms with Crippen molar-refractivity contribution in [3.8, 4) is 0 Å². The van der Waals surface area contributed by atoms with Crippen LogP contribution in [0.2, 0.25) is 0 Å². The Bertz CT molecular complexity index is 906. The number of rotatable bonds is 6. The maximum absolute atomic E-state index is 13.2. The van der Waals surface area contributed by atoms with Gasteiger partial charge in [-0.05, 0) is 48.1 Å². The zero-order valence-corrected chi connectivity index (χ0v) is 18.4. The van der Waals surface area contributed by atoms with Crippen molar-refractivity contribution in [3.05, 3.63) is 81.6 Å². The first-order valence-corrected chi connectivity index (χ1v) is 11.6. The first kappa shape index (κ1) is 21.5. The van der Waals surface area contributed by atoms with E-state index >= 15 is 0 Å². The van der Waals surface area contributed by atoms with Crippen molar-refractivity contribution in [1.29, 1.82) is 0 Å². The number of carbonyl (C=O) groups is 2. The highest BCUT2D eigenvalue weighted by Gasteiger charge is 2.24. The largest absolute Gasteiger partial charge is 0.378 e. The van der Waals surface area contributed by atoms with Crippen molar-refractivity contribution in [3.63, 3.8) is 0 Å². The van der Waals surface area contributed by atoms with Gasteiger partial charge in [-0.15, -0.1) is 23.5 Å². The van der Waals surface area contributed by atoms with Gasteiger partial charge in [-0.3, -0.25) is 9.59 Å². The van der Waals surface area contributed by atoms with Crippen LogP contribution in [0.1, 0.15) is 28.8 Å². The molecule has 1 fully saturated rings. The number of ketones is 2. The summed E-state index contributed by atoms with van der Waals surface area (Å²) in [4.78, 5) is 28.3. The predicted molar refractivity (Wildman–Crippen MR) is 127 cm³/mol. The second-order valence-electron chi connectivity index (χ2n) is 6.95. The van der Waals surface area contributed by atoms with Crippen LogP contribution in [0.3, 0.4) is 0 Å². The lowest BCUT2D eigenvalue weighted by Gasteiger charge is -2.12. The molecule has 3 rings (SSSR count). The van der Waals surface area contributed by atoms with Crippen LogP contribution in [0.4, 0.5) is 5.69 Å². The van der Waals surface area contributed by atoms with Crippen LogP contribution < -0.4 is 4.90 Å². The minimum atomic E-state index is -0.229. The second-order valence-corrected chi connectivity index (χ2v) is 9.41. The van der Waals surface area contributed by atoms with Crippen molar-refractivity contribution in [1.82, 2.24) is 0 Å². The van der Waals surface area contributed by atoms with Gasteiger partial charge in [0.2, 0.25) is 0 Å². The quantitative estimate of drug-likeness (QED) is 0.258. The average Bonchev–Trinajstić information content (AvgIpc) is 3.02. The zero-order valence-electron chi connectivity index (χ0n) is 16.8. The van der Waals surface area contributed by atoms with E-state index in [1.54, 1.807) is 41.7 Å². The molecule has 1 aliphatic rings. The lowest BCUT2D eigenvalue weighted by atomic mass is 10.0. The summed E-state index contributed by atoms with van der Waals surface area (Å²) in [5, 5.41) is 0. The molecule has 3 nitrogen and oxygen atoms in total. The van der Waals surface area contributed by atoms with E-state index in [2.05, 4.69) is 0 Å². The SMILES string of the molecule is CN(C)c1ccc(C=CC(=O)C(C(=O)c2ccccc2)=C2SCCCCS2)cc1. The summed E-state index contributed by atoms with van der Waals surface area (Å²) in [5.41, 5.74) is 2.88. The van der Waals surface area contributed by atoms with Crippen LogP contribution in [0.15, 0.2) is 70.5 Å². The fourth-order valence-corrected chi connectivity index (χ4v) is 5.47. The van der Waals surface area contributed by atoms with E-state index < -0.39 is 0 Å². The summed E-state index contributed by atoms with van der Waals surface area (Å²) >= 11 is 3.26. The monoisotopic (exact) mass is 423 g/mol. The maximum atomic E-state index is 13.2. The third-order valence-corrected chi connectivity index (χ3v) is 7.18. The standard InChI is InChI=1S/C24H25NO2S2/c1-25(2)20-13-10-18(11-14-20)12-15-21(26)22(24-28-16-6-7-17-29-24)23(27)19-8-4-3-5-9-19/h3-5,8-15H,6-7,16-17H2,1-2H3. The summed E-state index contributed by atoms with van der Waals surface area (Å²) in [6.45, 7) is 0. The molecule has 1 saturated heterocycles. The minimum absolute atomic E-state index is 0.194. The predicted octanol–water partition coefficient (Wildman–Crippen LogP) is 5.69. The molecular weight excluding hydrogens is 398 g/mol. The van der Waals surface area contributed by atoms with Crippen molar-refractivity contribution >= 4 is 46.9 Å². The van der Waals surface area contributed by atoms with E-state index in [1.807, 2.05) is 61.5 Å². The Morgan fingerprint density at radius 2 is 1.52 bits per heavy atom. The van der Waals surface area contributed by atoms with Crippen molar-refractivity contribution in [2.75, 3.05) is 30.5 Å². The van der Waals surface area contributed by atoms with Gasteiger partial charge in [-0.1, -0.05) is 48.5 Å². The van der Waals surface area contributed by atoms with Crippen LogP contribution in [-0.4, -0.2) is 37.2 Å². The molecule has 0 radical (unpaired) electrons. The Morgan fingerprint density at radius 1 is 0.897 bits per heavy atom. The molecule has 150 valence electrons. The highest BCUT2D eigenvalue weighted by Crippen LogP contribution is 2.37. The first-order valence-electron chi connectivity index (χ1n) is 9.65. The lowest BCUT2D eigenvalue weighted by molar-refractivity contribution is -0.111. The van der Waals surface area contributed by atoms with Gasteiger partial charge in [0, 0.05) is 25.3 Å². The number of hydrogen-bond donors (Lipinski definition) is 0. The van der Waals surface area contributed by atoms with E-state index in [4.69, 9.17) is 0 Å². The van der Waals surface area contributed by atoms with Crippen molar-refractivity contribution in [2.24, 2.45) is 0 Å². The molecule has 0 atom stereocenters. The number of allylic oxidation sites excluding steroid dienone is 2. The molecule has 2 aromatic carbocycles. The molecule has 0 aromatic heterocycles. The summed E-state index contributed by atoms with van der Waals surface area (Å²) < 4.78 is 0.856. The third-order valence-electron chi connectivity index (χ3n) is 4.56. The molecule has 0 spiro atoms. The van der Waals surface area contributed by atoms with E-state index in [0.717, 1.165) is 39.8 Å². The summed E-state index contributed by atoms with van der Waals surface area (Å²) in [6, 6.07) is 17.0. The number of anilines is 1. The molecule has 0 N–H and O–H groups in total. The van der Waals surface area contributed by atoms with Crippen LogP contribution >= 0.6 is 23.5 Å². The van der Waals surface area contributed by atoms with Gasteiger partial charge in [0.15, 0.2) is 11.6 Å². The van der Waals surface area contributed by atoms with Crippen molar-refractivity contribution in [2.45, 2.75) is 12.8 Å². The van der Waals surface area contributed by atoms with E-state index in [9.17, 15) is 9.59 Å². The van der Waals surface area contributed by atoms with Gasteiger partial charge in [-0.25, -0.2) is 0 Å². The van der Waals surface area contributed by atoms with Crippen LogP contribution in [0, 0.1) is 0 Å². The van der Waals surface area contributed by atoms with Gasteiger partial charge in [0.25, 0.3) is 0 Å². The highest BCUT2D eigenvalue weighted by molar-refractivity contribution is 8.22. The average molecular weight is 424 g/mol. The number of hydrogen-bond acceptors (Lipinski definition) is 5. The van der Waals surface area contributed by atoms with Gasteiger partial charge < -0.3 is 4.90 Å². The molecule has 0 aliphatic carbocycles. The Kier molecular flexibility index (Phi) is 7.78. The number of carbonyl (C=O) groups excluding carboxylic acids is 2. The van der Waals surface area contributed by atoms with Crippen LogP contribution in [-0.2, 0) is 4.79 Å². The summed E-state index contributed by atoms with van der Waals surface area (Å²) in [7, 11) is 3.98. The van der Waals surface area contributed by atoms with Crippen LogP contribution in [0.5, 0.6) is 0 Å². The minimum Gasteiger partial charge on any atom is -0.378 e. The third kappa shape index (κ3) is 5.87. The molecule has 1 heterocycles. The molecule has 0 saturated carbocycles. The zero-order chi connectivity index (χ0) is 20.6. The molecule has 0 bridgehead atoms. The second kappa shape index (κ2) is 10.5. The number of thioether (sulfide) groups is 2. The maximum Gasteiger partial charge on any atom is 0.198 e. The summed E-state index contributed by atoms with van der Waals surface area (Å²) in [5.74, 6) is 1.46. The number of benzene rings is 2. The molecule has 2 aromatic rings. The topological polar surface area (TPSA) is 37.4 Å². The Balaban J connectivity index is 1.89. The van der Waals surface area contributed by atoms with Gasteiger partial charge >= 0.3 is 0 Å². The van der Waals surface area contributed by atoms with Crippen LogP contribution in [0.25, 0.3) is 6.08 Å². The normalized spacial score (nSPS) is 14.5. The first-order chi connectivity index (χ1) is 14.1.